The third-order valence-corrected chi connectivity index (χ3v) is 8.61. The van der Waals surface area contributed by atoms with E-state index in [1.54, 1.807) is 0 Å². The fourth-order valence-electron chi connectivity index (χ4n) is 3.14. The van der Waals surface area contributed by atoms with Gasteiger partial charge in [-0.05, 0) is 6.08 Å². The summed E-state index contributed by atoms with van der Waals surface area (Å²) < 4.78 is 73.4. The molecule has 0 spiro atoms. The van der Waals surface area contributed by atoms with Crippen LogP contribution >= 0.6 is 35.1 Å². The highest BCUT2D eigenvalue weighted by Gasteiger charge is 2.66. The van der Waals surface area contributed by atoms with Gasteiger partial charge in [-0.3, -0.25) is 18.9 Å². The summed E-state index contributed by atoms with van der Waals surface area (Å²) in [5.74, 6) is -0.727. The molecule has 1 saturated heterocycles. The first-order chi connectivity index (χ1) is 15.4. The minimum Gasteiger partial charge on any atom is -0.374 e. The van der Waals surface area contributed by atoms with Gasteiger partial charge in [0.15, 0.2) is 6.23 Å². The van der Waals surface area contributed by atoms with Crippen LogP contribution in [0.4, 0.5) is 4.39 Å². The number of H-pyrrole nitrogens is 1. The maximum atomic E-state index is 16.0. The number of aromatic nitrogens is 2. The smallest absolute Gasteiger partial charge is 0.374 e. The maximum absolute atomic E-state index is 16.0. The lowest BCUT2D eigenvalue weighted by atomic mass is 9.88. The number of phosphoric ester groups is 1. The zero-order valence-electron chi connectivity index (χ0n) is 16.9. The Morgan fingerprint density at radius 2 is 1.88 bits per heavy atom. The van der Waals surface area contributed by atoms with Gasteiger partial charge in [-0.1, -0.05) is 6.58 Å². The van der Waals surface area contributed by atoms with Crippen LogP contribution in [-0.2, 0) is 36.3 Å². The van der Waals surface area contributed by atoms with Gasteiger partial charge < -0.3 is 29.0 Å². The van der Waals surface area contributed by atoms with Crippen molar-refractivity contribution in [3.05, 3.63) is 45.8 Å². The van der Waals surface area contributed by atoms with E-state index in [1.807, 2.05) is 4.98 Å². The molecule has 6 atom stereocenters. The van der Waals surface area contributed by atoms with Crippen LogP contribution in [0.3, 0.4) is 0 Å². The molecule has 0 aliphatic carbocycles. The van der Waals surface area contributed by atoms with E-state index < -0.39 is 70.8 Å². The van der Waals surface area contributed by atoms with Gasteiger partial charge in [0.05, 0.1) is 12.5 Å². The molecule has 1 aliphatic heterocycles. The summed E-state index contributed by atoms with van der Waals surface area (Å²) in [5, 5.41) is 0. The van der Waals surface area contributed by atoms with Gasteiger partial charge in [-0.25, -0.2) is 22.9 Å². The quantitative estimate of drug-likeness (QED) is 0.136. The van der Waals surface area contributed by atoms with Crippen molar-refractivity contribution in [1.82, 2.24) is 9.55 Å². The lowest BCUT2D eigenvalue weighted by Gasteiger charge is -2.33. The zero-order valence-corrected chi connectivity index (χ0v) is 20.4. The van der Waals surface area contributed by atoms with Crippen LogP contribution < -0.4 is 11.2 Å². The second-order valence-corrected chi connectivity index (χ2v) is 11.4. The summed E-state index contributed by atoms with van der Waals surface area (Å²) in [5.41, 5.74) is -6.85. The molecule has 0 bridgehead atoms. The molecular weight excluding hydrogens is 556 g/mol. The average molecular weight is 575 g/mol. The van der Waals surface area contributed by atoms with Crippen molar-refractivity contribution in [1.29, 1.82) is 0 Å². The topological polar surface area (TPSA) is 233 Å². The first-order valence-electron chi connectivity index (χ1n) is 8.63. The molecule has 0 saturated carbocycles. The number of rotatable bonds is 11. The van der Waals surface area contributed by atoms with Gasteiger partial charge in [-0.2, -0.15) is 8.62 Å². The molecule has 1 fully saturated rings. The van der Waals surface area contributed by atoms with Crippen LogP contribution in [-0.4, -0.2) is 66.1 Å². The third-order valence-electron chi connectivity index (χ3n) is 4.37. The first-order valence-corrected chi connectivity index (χ1v) is 13.7. The van der Waals surface area contributed by atoms with E-state index in [1.165, 1.54) is 0 Å². The van der Waals surface area contributed by atoms with Crippen molar-refractivity contribution in [3.8, 4) is 0 Å². The Bertz CT molecular complexity index is 1190. The second-order valence-electron chi connectivity index (χ2n) is 6.70. The van der Waals surface area contributed by atoms with Gasteiger partial charge in [0.25, 0.3) is 5.56 Å². The molecule has 1 aliphatic rings. The predicted octanol–water partition coefficient (Wildman–Crippen LogP) is 0.296. The molecule has 194 valence electrons. The standard InChI is InChI=1S/C13H19ClFN2O14P3/c1-3-13(15)9(27-2)12(6-14,29-10(13)17-5-4-8(18)16-11(17)19)7-28-33(23,24)31-34(25,26)30-32(20,21)22/h3-5,9-10H,1,6-7H2,2H3,(H,23,24)(H,25,26)(H,16,18,19)(H2,20,21,22). The number of aromatic amines is 1. The van der Waals surface area contributed by atoms with Crippen molar-refractivity contribution in [2.24, 2.45) is 0 Å². The summed E-state index contributed by atoms with van der Waals surface area (Å²) >= 11 is 5.91. The Morgan fingerprint density at radius 3 is 2.35 bits per heavy atom. The maximum Gasteiger partial charge on any atom is 0.490 e. The van der Waals surface area contributed by atoms with E-state index in [4.69, 9.17) is 30.9 Å². The summed E-state index contributed by atoms with van der Waals surface area (Å²) in [4.78, 5) is 61.5. The molecule has 0 amide bonds. The van der Waals surface area contributed by atoms with Crippen LogP contribution in [0.15, 0.2) is 34.5 Å². The number of nitrogens with one attached hydrogen (secondary N) is 1. The zero-order chi connectivity index (χ0) is 26.2. The number of methoxy groups -OCH3 is 1. The predicted molar refractivity (Wildman–Crippen MR) is 110 cm³/mol. The van der Waals surface area contributed by atoms with Crippen molar-refractivity contribution in [3.63, 3.8) is 0 Å². The Kier molecular flexibility index (Phi) is 8.72. The van der Waals surface area contributed by atoms with Crippen LogP contribution in [0.25, 0.3) is 0 Å². The highest BCUT2D eigenvalue weighted by Crippen LogP contribution is 2.66. The molecule has 5 N–H and O–H groups in total. The number of nitrogens with zero attached hydrogens (tertiary/aromatic N) is 1. The number of ether oxygens (including phenoxy) is 2. The lowest BCUT2D eigenvalue weighted by molar-refractivity contribution is -0.119. The summed E-state index contributed by atoms with van der Waals surface area (Å²) in [6.07, 6.45) is -2.10. The van der Waals surface area contributed by atoms with E-state index in [2.05, 4.69) is 19.7 Å². The molecular formula is C13H19ClFN2O14P3. The Balaban J connectivity index is 2.40. The highest BCUT2D eigenvalue weighted by atomic mass is 35.5. The Hall–Kier alpha value is -1.03. The third kappa shape index (κ3) is 6.39. The van der Waals surface area contributed by atoms with Gasteiger partial charge in [0.2, 0.25) is 5.67 Å². The number of phosphoric acid groups is 3. The fraction of sp³-hybridized carbons (Fsp3) is 0.538. The average Bonchev–Trinajstić information content (AvgIpc) is 2.93. The first kappa shape index (κ1) is 29.2. The number of hydrogen-bond acceptors (Lipinski definition) is 10. The van der Waals surface area contributed by atoms with E-state index in [-0.39, 0.29) is 0 Å². The Labute approximate surface area is 194 Å². The van der Waals surface area contributed by atoms with E-state index in [0.29, 0.717) is 10.6 Å². The van der Waals surface area contributed by atoms with Crippen molar-refractivity contribution < 1.29 is 60.3 Å². The van der Waals surface area contributed by atoms with Gasteiger partial charge in [0, 0.05) is 19.4 Å². The molecule has 6 unspecified atom stereocenters. The summed E-state index contributed by atoms with van der Waals surface area (Å²) in [6, 6.07) is 0.878. The van der Waals surface area contributed by atoms with Crippen molar-refractivity contribution in [2.75, 3.05) is 19.6 Å². The van der Waals surface area contributed by atoms with Gasteiger partial charge >= 0.3 is 29.2 Å². The van der Waals surface area contributed by atoms with E-state index >= 15 is 4.39 Å². The number of alkyl halides is 2. The van der Waals surface area contributed by atoms with Crippen molar-refractivity contribution in [2.45, 2.75) is 23.6 Å². The van der Waals surface area contributed by atoms with E-state index in [9.17, 15) is 33.1 Å². The lowest BCUT2D eigenvalue weighted by Crippen LogP contribution is -2.52. The summed E-state index contributed by atoms with van der Waals surface area (Å²) in [6.45, 7) is 2.14. The van der Waals surface area contributed by atoms with Gasteiger partial charge in [-0.15, -0.1) is 11.6 Å². The van der Waals surface area contributed by atoms with E-state index in [0.717, 1.165) is 19.4 Å². The normalized spacial score (nSPS) is 31.0. The SMILES string of the molecule is C=CC1(F)C(n2ccc(=O)[nH]c2=O)OC(CCl)(COP(=O)(O)OP(=O)(O)OP(=O)(O)O)C1OC. The van der Waals surface area contributed by atoms with Crippen LogP contribution in [0.2, 0.25) is 0 Å². The second kappa shape index (κ2) is 10.1. The van der Waals surface area contributed by atoms with Crippen LogP contribution in [0, 0.1) is 0 Å². The molecule has 1 aromatic heterocycles. The number of hydrogen-bond donors (Lipinski definition) is 5. The highest BCUT2D eigenvalue weighted by molar-refractivity contribution is 7.66. The molecule has 16 nitrogen and oxygen atoms in total. The molecule has 34 heavy (non-hydrogen) atoms. The minimum atomic E-state index is -5.83. The van der Waals surface area contributed by atoms with Crippen LogP contribution in [0.5, 0.6) is 0 Å². The monoisotopic (exact) mass is 574 g/mol. The van der Waals surface area contributed by atoms with Gasteiger partial charge in [0.1, 0.15) is 11.7 Å². The molecule has 1 aromatic rings. The molecule has 21 heteroatoms. The molecule has 0 radical (unpaired) electrons. The summed E-state index contributed by atoms with van der Waals surface area (Å²) in [7, 11) is -16.1. The fourth-order valence-corrected chi connectivity index (χ4v) is 6.49. The number of halogens is 2. The minimum absolute atomic E-state index is 0.619. The molecule has 2 heterocycles. The molecule has 2 rings (SSSR count). The van der Waals surface area contributed by atoms with Crippen molar-refractivity contribution >= 4 is 35.1 Å². The van der Waals surface area contributed by atoms with Crippen LogP contribution in [0.1, 0.15) is 6.23 Å². The molecule has 0 aromatic carbocycles. The largest absolute Gasteiger partial charge is 0.490 e. The Morgan fingerprint density at radius 1 is 1.26 bits per heavy atom.